The fourth-order valence-electron chi connectivity index (χ4n) is 0.732. The average Bonchev–Trinajstić information content (AvgIpc) is 1.99. The van der Waals surface area contributed by atoms with E-state index in [1.54, 1.807) is 7.11 Å². The van der Waals surface area contributed by atoms with Crippen LogP contribution in [0.4, 0.5) is 0 Å². The Morgan fingerprint density at radius 3 is 2.64 bits per heavy atom. The summed E-state index contributed by atoms with van der Waals surface area (Å²) in [5.74, 6) is 0. The van der Waals surface area contributed by atoms with Gasteiger partial charge in [0.05, 0.1) is 6.54 Å². The molecule has 0 rings (SSSR count). The predicted octanol–water partition coefficient (Wildman–Crippen LogP) is 1.56. The van der Waals surface area contributed by atoms with Crippen LogP contribution < -0.4 is 0 Å². The molecule has 0 aliphatic rings. The molecule has 0 unspecified atom stereocenters. The molecule has 64 valence electrons. The third-order valence-electron chi connectivity index (χ3n) is 1.67. The van der Waals surface area contributed by atoms with Crippen molar-refractivity contribution in [2.45, 2.75) is 25.6 Å². The fraction of sp³-hybridized carbons (Fsp3) is 0.857. The lowest BCUT2D eigenvalue weighted by molar-refractivity contribution is 0.402. The van der Waals surface area contributed by atoms with E-state index >= 15 is 0 Å². The van der Waals surface area contributed by atoms with E-state index in [9.17, 15) is 4.79 Å². The number of hydrogen-bond donors (Lipinski definition) is 0. The summed E-state index contributed by atoms with van der Waals surface area (Å²) in [7, 11) is 0.328. The van der Waals surface area contributed by atoms with Crippen molar-refractivity contribution in [1.29, 1.82) is 0 Å². The highest BCUT2D eigenvalue weighted by molar-refractivity contribution is 6.71. The van der Waals surface area contributed by atoms with E-state index in [1.165, 1.54) is 6.08 Å². The summed E-state index contributed by atoms with van der Waals surface area (Å²) in [5, 5.41) is 0. The third kappa shape index (κ3) is 5.98. The highest BCUT2D eigenvalue weighted by atomic mass is 28.4. The van der Waals surface area contributed by atoms with Crippen molar-refractivity contribution in [3.05, 3.63) is 0 Å². The topological polar surface area (TPSA) is 38.7 Å². The van der Waals surface area contributed by atoms with Gasteiger partial charge in [-0.2, -0.15) is 0 Å². The third-order valence-corrected chi connectivity index (χ3v) is 4.33. The standard InChI is InChI=1S/C7H15NO2Si/c1-10-11(2,3)6-4-5-8-7-9/h4-6H2,1-3H3. The molecule has 0 heterocycles. The molecule has 0 amide bonds. The summed E-state index contributed by atoms with van der Waals surface area (Å²) >= 11 is 0. The zero-order valence-corrected chi connectivity index (χ0v) is 8.39. The van der Waals surface area contributed by atoms with Crippen molar-refractivity contribution in [1.82, 2.24) is 0 Å². The van der Waals surface area contributed by atoms with Crippen LogP contribution in [0.25, 0.3) is 0 Å². The van der Waals surface area contributed by atoms with Crippen LogP contribution in [0.2, 0.25) is 19.1 Å². The van der Waals surface area contributed by atoms with Crippen molar-refractivity contribution in [3.8, 4) is 0 Å². The molecule has 0 bridgehead atoms. The minimum Gasteiger partial charge on any atom is -0.420 e. The monoisotopic (exact) mass is 173 g/mol. The number of aliphatic imine (C=N–C) groups is 1. The molecule has 0 aliphatic heterocycles. The van der Waals surface area contributed by atoms with Crippen LogP contribution >= 0.6 is 0 Å². The molecule has 3 nitrogen and oxygen atoms in total. The zero-order chi connectivity index (χ0) is 8.74. The first kappa shape index (κ1) is 10.6. The van der Waals surface area contributed by atoms with E-state index in [0.29, 0.717) is 6.54 Å². The minimum absolute atomic E-state index is 0.587. The largest absolute Gasteiger partial charge is 0.420 e. The van der Waals surface area contributed by atoms with Crippen LogP contribution in [-0.2, 0) is 9.22 Å². The van der Waals surface area contributed by atoms with Crippen LogP contribution in [0.5, 0.6) is 0 Å². The molecule has 0 saturated heterocycles. The van der Waals surface area contributed by atoms with Crippen molar-refractivity contribution >= 4 is 14.4 Å². The van der Waals surface area contributed by atoms with Crippen LogP contribution in [-0.4, -0.2) is 28.1 Å². The van der Waals surface area contributed by atoms with Gasteiger partial charge in [0.2, 0.25) is 6.08 Å². The lowest BCUT2D eigenvalue weighted by Gasteiger charge is -2.18. The number of nitrogens with zero attached hydrogens (tertiary/aromatic N) is 1. The average molecular weight is 173 g/mol. The van der Waals surface area contributed by atoms with Gasteiger partial charge in [0, 0.05) is 7.11 Å². The molecule has 0 spiro atoms. The Balaban J connectivity index is 3.45. The molecule has 0 saturated carbocycles. The Morgan fingerprint density at radius 2 is 2.18 bits per heavy atom. The second-order valence-corrected chi connectivity index (χ2v) is 7.47. The highest BCUT2D eigenvalue weighted by Crippen LogP contribution is 2.11. The van der Waals surface area contributed by atoms with E-state index in [0.717, 1.165) is 12.5 Å². The first-order valence-electron chi connectivity index (χ1n) is 3.71. The molecule has 11 heavy (non-hydrogen) atoms. The Kier molecular flexibility index (Phi) is 5.03. The van der Waals surface area contributed by atoms with Crippen LogP contribution in [0, 0.1) is 0 Å². The molecule has 0 aliphatic carbocycles. The summed E-state index contributed by atoms with van der Waals surface area (Å²) in [6, 6.07) is 1.05. The van der Waals surface area contributed by atoms with Gasteiger partial charge in [0.25, 0.3) is 0 Å². The second-order valence-electron chi connectivity index (χ2n) is 3.04. The smallest absolute Gasteiger partial charge is 0.234 e. The number of isocyanates is 1. The molecular formula is C7H15NO2Si. The maximum atomic E-state index is 9.69. The van der Waals surface area contributed by atoms with Gasteiger partial charge >= 0.3 is 0 Å². The lowest BCUT2D eigenvalue weighted by Crippen LogP contribution is -2.28. The van der Waals surface area contributed by atoms with Gasteiger partial charge in [0.15, 0.2) is 8.32 Å². The Bertz CT molecular complexity index is 153. The highest BCUT2D eigenvalue weighted by Gasteiger charge is 2.18. The fourth-order valence-corrected chi connectivity index (χ4v) is 1.95. The summed E-state index contributed by atoms with van der Waals surface area (Å²) in [6.07, 6.45) is 2.45. The summed E-state index contributed by atoms with van der Waals surface area (Å²) < 4.78 is 5.32. The van der Waals surface area contributed by atoms with Gasteiger partial charge in [0.1, 0.15) is 0 Å². The van der Waals surface area contributed by atoms with Crippen molar-refractivity contribution in [2.24, 2.45) is 4.99 Å². The van der Waals surface area contributed by atoms with Gasteiger partial charge in [-0.25, -0.2) is 9.79 Å². The quantitative estimate of drug-likeness (QED) is 0.274. The Labute approximate surface area is 68.6 Å². The first-order valence-corrected chi connectivity index (χ1v) is 6.83. The lowest BCUT2D eigenvalue weighted by atomic mass is 10.5. The normalized spacial score (nSPS) is 10.8. The number of rotatable bonds is 5. The SMILES string of the molecule is CO[Si](C)(C)CCCN=C=O. The molecular weight excluding hydrogens is 158 g/mol. The zero-order valence-electron chi connectivity index (χ0n) is 7.39. The van der Waals surface area contributed by atoms with Gasteiger partial charge in [-0.05, 0) is 25.6 Å². The van der Waals surface area contributed by atoms with Gasteiger partial charge in [-0.15, -0.1) is 0 Å². The van der Waals surface area contributed by atoms with Gasteiger partial charge in [-0.1, -0.05) is 0 Å². The summed E-state index contributed by atoms with van der Waals surface area (Å²) in [5.41, 5.74) is 0. The maximum absolute atomic E-state index is 9.69. The number of hydrogen-bond acceptors (Lipinski definition) is 3. The van der Waals surface area contributed by atoms with Gasteiger partial charge < -0.3 is 4.43 Å². The molecule has 4 heteroatoms. The van der Waals surface area contributed by atoms with Crippen molar-refractivity contribution in [2.75, 3.05) is 13.7 Å². The maximum Gasteiger partial charge on any atom is 0.234 e. The van der Waals surface area contributed by atoms with E-state index in [1.807, 2.05) is 0 Å². The van der Waals surface area contributed by atoms with Crippen LogP contribution in [0.1, 0.15) is 6.42 Å². The molecule has 0 radical (unpaired) electrons. The van der Waals surface area contributed by atoms with E-state index in [2.05, 4.69) is 18.1 Å². The van der Waals surface area contributed by atoms with Crippen molar-refractivity contribution < 1.29 is 9.22 Å². The van der Waals surface area contributed by atoms with E-state index in [4.69, 9.17) is 4.43 Å². The molecule has 0 atom stereocenters. The molecule has 0 aromatic heterocycles. The Hall–Kier alpha value is -0.443. The minimum atomic E-state index is -1.42. The summed E-state index contributed by atoms with van der Waals surface area (Å²) in [4.78, 5) is 13.2. The molecule has 0 fully saturated rings. The van der Waals surface area contributed by atoms with Crippen LogP contribution in [0.15, 0.2) is 4.99 Å². The van der Waals surface area contributed by atoms with E-state index in [-0.39, 0.29) is 0 Å². The molecule has 0 N–H and O–H groups in total. The van der Waals surface area contributed by atoms with E-state index < -0.39 is 8.32 Å². The van der Waals surface area contributed by atoms with Crippen LogP contribution in [0.3, 0.4) is 0 Å². The summed E-state index contributed by atoms with van der Waals surface area (Å²) in [6.45, 7) is 4.89. The second kappa shape index (κ2) is 5.24. The Morgan fingerprint density at radius 1 is 1.55 bits per heavy atom. The number of carbonyl (C=O) groups excluding carboxylic acids is 1. The molecule has 0 aromatic rings. The molecule has 0 aromatic carbocycles. The van der Waals surface area contributed by atoms with Crippen molar-refractivity contribution in [3.63, 3.8) is 0 Å². The first-order chi connectivity index (χ1) is 5.12. The van der Waals surface area contributed by atoms with Gasteiger partial charge in [-0.3, -0.25) is 0 Å². The predicted molar refractivity (Wildman–Crippen MR) is 46.9 cm³/mol.